The Bertz CT molecular complexity index is 3510. The third-order valence-corrected chi connectivity index (χ3v) is 13.5. The van der Waals surface area contributed by atoms with E-state index in [0.29, 0.717) is 11.5 Å². The molecule has 0 saturated heterocycles. The van der Waals surface area contributed by atoms with E-state index < -0.39 is 0 Å². The van der Waals surface area contributed by atoms with Gasteiger partial charge in [-0.15, -0.1) is 48.1 Å². The quantitative estimate of drug-likeness (QED) is 0.149. The van der Waals surface area contributed by atoms with Gasteiger partial charge in [0.2, 0.25) is 0 Å². The van der Waals surface area contributed by atoms with Crippen molar-refractivity contribution >= 4 is 44.6 Å². The predicted octanol–water partition coefficient (Wildman–Crippen LogP) is 15.9. The zero-order valence-electron chi connectivity index (χ0n) is 38.0. The summed E-state index contributed by atoms with van der Waals surface area (Å²) >= 11 is 0. The number of pyridine rings is 1. The topological polar surface area (TPSA) is 33.5 Å². The zero-order chi connectivity index (χ0) is 44.7. The first kappa shape index (κ1) is 42.4. The number of benzene rings is 8. The van der Waals surface area contributed by atoms with E-state index in [1.54, 1.807) is 0 Å². The van der Waals surface area contributed by atoms with Gasteiger partial charge in [0.25, 0.3) is 0 Å². The molecule has 1 aliphatic carbocycles. The zero-order valence-corrected chi connectivity index (χ0v) is 40.3. The van der Waals surface area contributed by atoms with Gasteiger partial charge in [0.15, 0.2) is 0 Å². The fourth-order valence-corrected chi connectivity index (χ4v) is 10.2. The average molecular weight is 1050 g/mol. The van der Waals surface area contributed by atoms with Gasteiger partial charge in [-0.1, -0.05) is 161 Å². The number of anilines is 4. The molecule has 0 bridgehead atoms. The average Bonchev–Trinajstić information content (AvgIpc) is 3.97. The first-order valence-corrected chi connectivity index (χ1v) is 22.7. The molecule has 2 aromatic heterocycles. The molecule has 0 N–H and O–H groups in total. The maximum Gasteiger partial charge on any atom is 0.135 e. The molecular weight excluding hydrogens is 1000 g/mol. The minimum Gasteiger partial charge on any atom is -0.509 e. The third kappa shape index (κ3) is 7.07. The third-order valence-electron chi connectivity index (χ3n) is 13.5. The van der Waals surface area contributed by atoms with E-state index in [1.807, 2.05) is 24.4 Å². The fraction of sp³-hybridized carbons (Fsp3) is 0.115. The van der Waals surface area contributed by atoms with Crippen molar-refractivity contribution in [1.29, 1.82) is 0 Å². The molecule has 3 heterocycles. The van der Waals surface area contributed by atoms with Gasteiger partial charge < -0.3 is 19.1 Å². The van der Waals surface area contributed by atoms with Crippen molar-refractivity contribution in [1.82, 2.24) is 9.55 Å². The van der Waals surface area contributed by atoms with Crippen LogP contribution in [0.25, 0.3) is 61.0 Å². The molecule has 12 rings (SSSR count). The second kappa shape index (κ2) is 16.3. The maximum atomic E-state index is 6.74. The number of hydrogen-bond donors (Lipinski definition) is 0. The number of nitrogens with zero attached hydrogens (tertiary/aromatic N) is 4. The molecule has 1 aliphatic heterocycles. The molecule has 0 unspecified atom stereocenters. The van der Waals surface area contributed by atoms with E-state index in [1.165, 1.54) is 44.5 Å². The Balaban J connectivity index is 0.00000494. The standard InChI is InChI=1S/C61H47N4O.Pt/c1-60(2,3)43-33-34-62-57(36-43)65-53-32-27-42(40-17-8-6-9-18-40)35-50(53)48-29-28-46(38-56(48)65)66-45-22-16-21-44(37-45)63-39-64(55-26-15-14-25-54(55)63)59-47(41-19-10-7-11-20-41)30-31-52-58(59)49-23-12-13-24-51(49)61(52,4)5;/h6-36,39H,1-5H3;/q-3;. The summed E-state index contributed by atoms with van der Waals surface area (Å²) in [6.45, 7) is 13.6. The maximum absolute atomic E-state index is 6.74. The van der Waals surface area contributed by atoms with E-state index >= 15 is 0 Å². The van der Waals surface area contributed by atoms with Crippen molar-refractivity contribution < 1.29 is 25.8 Å². The van der Waals surface area contributed by atoms with Crippen LogP contribution in [0, 0.1) is 18.8 Å². The van der Waals surface area contributed by atoms with E-state index in [-0.39, 0.29) is 31.9 Å². The minimum atomic E-state index is -0.152. The molecule has 330 valence electrons. The second-order valence-electron chi connectivity index (χ2n) is 18.9. The molecule has 10 aromatic rings. The summed E-state index contributed by atoms with van der Waals surface area (Å²) in [7, 11) is 0. The Morgan fingerprint density at radius 3 is 2.04 bits per heavy atom. The number of para-hydroxylation sites is 2. The summed E-state index contributed by atoms with van der Waals surface area (Å²) in [5.41, 5.74) is 17.0. The molecule has 2 aliphatic rings. The van der Waals surface area contributed by atoms with E-state index in [4.69, 9.17) is 9.72 Å². The molecule has 0 saturated carbocycles. The summed E-state index contributed by atoms with van der Waals surface area (Å²) in [5.74, 6) is 2.03. The summed E-state index contributed by atoms with van der Waals surface area (Å²) in [5, 5.41) is 2.21. The molecule has 0 amide bonds. The summed E-state index contributed by atoms with van der Waals surface area (Å²) in [6, 6.07) is 72.0. The van der Waals surface area contributed by atoms with Crippen LogP contribution in [0.4, 0.5) is 22.7 Å². The Hall–Kier alpha value is -7.20. The Morgan fingerprint density at radius 1 is 0.567 bits per heavy atom. The number of fused-ring (bicyclic) bond motifs is 7. The van der Waals surface area contributed by atoms with Crippen molar-refractivity contribution in [2.24, 2.45) is 0 Å². The Morgan fingerprint density at radius 2 is 1.27 bits per heavy atom. The summed E-state index contributed by atoms with van der Waals surface area (Å²) in [6.07, 6.45) is 1.91. The molecule has 67 heavy (non-hydrogen) atoms. The van der Waals surface area contributed by atoms with Crippen LogP contribution in [-0.4, -0.2) is 9.55 Å². The molecule has 0 radical (unpaired) electrons. The van der Waals surface area contributed by atoms with Gasteiger partial charge in [-0.25, -0.2) is 4.98 Å². The SMILES string of the molecule is CC(C)(C)c1ccnc(-n2c3[c-]c(Oc4[c-]c(N5[CH-]N(c6c(-c7ccccc7)ccc7c6-c6ccccc6C7(C)C)c6ccccc65)ccc4)ccc3c3cc(-c4ccccc4)ccc32)c1.[Pt]. The number of hydrogen-bond acceptors (Lipinski definition) is 4. The molecule has 0 spiro atoms. The van der Waals surface area contributed by atoms with Gasteiger partial charge in [-0.3, -0.25) is 0 Å². The van der Waals surface area contributed by atoms with Gasteiger partial charge >= 0.3 is 0 Å². The van der Waals surface area contributed by atoms with Gasteiger partial charge in [0.1, 0.15) is 5.82 Å². The molecule has 0 fully saturated rings. The summed E-state index contributed by atoms with van der Waals surface area (Å²) < 4.78 is 8.96. The number of rotatable bonds is 7. The van der Waals surface area contributed by atoms with Crippen LogP contribution in [0.1, 0.15) is 51.3 Å². The predicted molar refractivity (Wildman–Crippen MR) is 271 cm³/mol. The number of ether oxygens (including phenoxy) is 1. The van der Waals surface area contributed by atoms with Crippen LogP contribution in [0.5, 0.6) is 11.5 Å². The van der Waals surface area contributed by atoms with Crippen molar-refractivity contribution in [2.75, 3.05) is 9.80 Å². The van der Waals surface area contributed by atoms with Crippen molar-refractivity contribution in [3.8, 4) is 50.7 Å². The van der Waals surface area contributed by atoms with Crippen LogP contribution >= 0.6 is 0 Å². The minimum absolute atomic E-state index is 0. The Kier molecular flexibility index (Phi) is 10.3. The summed E-state index contributed by atoms with van der Waals surface area (Å²) in [4.78, 5) is 9.54. The Labute approximate surface area is 407 Å². The van der Waals surface area contributed by atoms with Crippen molar-refractivity contribution in [3.05, 3.63) is 224 Å². The van der Waals surface area contributed by atoms with Gasteiger partial charge in [-0.2, -0.15) is 12.1 Å². The van der Waals surface area contributed by atoms with E-state index in [2.05, 4.69) is 232 Å². The van der Waals surface area contributed by atoms with Crippen molar-refractivity contribution in [3.63, 3.8) is 0 Å². The first-order valence-electron chi connectivity index (χ1n) is 22.7. The van der Waals surface area contributed by atoms with Crippen LogP contribution in [0.3, 0.4) is 0 Å². The fourth-order valence-electron chi connectivity index (χ4n) is 10.2. The second-order valence-corrected chi connectivity index (χ2v) is 18.9. The molecule has 8 aromatic carbocycles. The van der Waals surface area contributed by atoms with Gasteiger partial charge in [-0.05, 0) is 80.1 Å². The van der Waals surface area contributed by atoms with Crippen LogP contribution < -0.4 is 14.5 Å². The van der Waals surface area contributed by atoms with Gasteiger partial charge in [0, 0.05) is 77.9 Å². The molecular formula is C61H47N4OPt-3. The smallest absolute Gasteiger partial charge is 0.135 e. The van der Waals surface area contributed by atoms with E-state index in [9.17, 15) is 0 Å². The number of aromatic nitrogens is 2. The molecule has 5 nitrogen and oxygen atoms in total. The van der Waals surface area contributed by atoms with E-state index in [0.717, 1.165) is 55.9 Å². The monoisotopic (exact) mass is 1050 g/mol. The molecule has 0 atom stereocenters. The van der Waals surface area contributed by atoms with Crippen LogP contribution in [0.15, 0.2) is 188 Å². The van der Waals surface area contributed by atoms with Gasteiger partial charge in [0.05, 0.1) is 0 Å². The molecule has 6 heteroatoms. The largest absolute Gasteiger partial charge is 0.509 e. The normalized spacial score (nSPS) is 13.6. The van der Waals surface area contributed by atoms with Crippen LogP contribution in [0.2, 0.25) is 0 Å². The van der Waals surface area contributed by atoms with Crippen LogP contribution in [-0.2, 0) is 31.9 Å². The first-order chi connectivity index (χ1) is 32.1. The van der Waals surface area contributed by atoms with Crippen molar-refractivity contribution in [2.45, 2.75) is 45.4 Å².